The minimum absolute atomic E-state index is 0.202. The van der Waals surface area contributed by atoms with Crippen molar-refractivity contribution in [1.82, 2.24) is 20.0 Å². The number of carbonyl (C=O) groups is 1. The summed E-state index contributed by atoms with van der Waals surface area (Å²) in [6.45, 7) is 8.02. The Morgan fingerprint density at radius 1 is 1.52 bits per heavy atom. The Labute approximate surface area is 126 Å². The van der Waals surface area contributed by atoms with Crippen molar-refractivity contribution in [3.05, 3.63) is 18.0 Å². The fraction of sp³-hybridized carbons (Fsp3) is 0.733. The van der Waals surface area contributed by atoms with Gasteiger partial charge in [0.1, 0.15) is 5.60 Å². The van der Waals surface area contributed by atoms with Crippen molar-refractivity contribution >= 4 is 6.09 Å². The van der Waals surface area contributed by atoms with Crippen LogP contribution in [0.2, 0.25) is 0 Å². The monoisotopic (exact) mass is 294 g/mol. The van der Waals surface area contributed by atoms with E-state index in [0.29, 0.717) is 0 Å². The molecule has 1 unspecified atom stereocenters. The first-order chi connectivity index (χ1) is 9.87. The summed E-state index contributed by atoms with van der Waals surface area (Å²) in [4.78, 5) is 14.0. The first kappa shape index (κ1) is 15.8. The lowest BCUT2D eigenvalue weighted by Crippen LogP contribution is -2.44. The number of ether oxygens (including phenoxy) is 1. The lowest BCUT2D eigenvalue weighted by Gasteiger charge is -2.28. The molecule has 1 N–H and O–H groups in total. The molecule has 6 nitrogen and oxygen atoms in total. The van der Waals surface area contributed by atoms with E-state index in [4.69, 9.17) is 4.74 Å². The van der Waals surface area contributed by atoms with Gasteiger partial charge in [-0.25, -0.2) is 4.79 Å². The van der Waals surface area contributed by atoms with Crippen LogP contribution < -0.4 is 5.32 Å². The Hall–Kier alpha value is -1.56. The predicted octanol–water partition coefficient (Wildman–Crippen LogP) is 1.91. The van der Waals surface area contributed by atoms with Gasteiger partial charge in [-0.1, -0.05) is 0 Å². The Bertz CT molecular complexity index is 478. The summed E-state index contributed by atoms with van der Waals surface area (Å²) < 4.78 is 7.32. The summed E-state index contributed by atoms with van der Waals surface area (Å²) in [5.41, 5.74) is 0.698. The molecule has 21 heavy (non-hydrogen) atoms. The van der Waals surface area contributed by atoms with E-state index in [1.165, 1.54) is 0 Å². The highest BCUT2D eigenvalue weighted by Crippen LogP contribution is 2.20. The number of amides is 1. The number of rotatable bonds is 4. The smallest absolute Gasteiger partial charge is 0.410 e. The van der Waals surface area contributed by atoms with Crippen molar-refractivity contribution in [2.75, 3.05) is 13.1 Å². The van der Waals surface area contributed by atoms with Gasteiger partial charge >= 0.3 is 6.09 Å². The maximum absolute atomic E-state index is 12.2. The fourth-order valence-corrected chi connectivity index (χ4v) is 2.55. The molecule has 1 saturated heterocycles. The molecule has 2 heterocycles. The molecular formula is C15H26N4O2. The second-order valence-electron chi connectivity index (χ2n) is 6.55. The molecular weight excluding hydrogens is 268 g/mol. The average Bonchev–Trinajstić information content (AvgIpc) is 2.97. The maximum Gasteiger partial charge on any atom is 0.410 e. The Morgan fingerprint density at radius 3 is 2.90 bits per heavy atom. The number of hydrogen-bond donors (Lipinski definition) is 1. The van der Waals surface area contributed by atoms with Crippen LogP contribution >= 0.6 is 0 Å². The molecule has 1 aromatic rings. The van der Waals surface area contributed by atoms with Crippen LogP contribution in [-0.2, 0) is 18.3 Å². The summed E-state index contributed by atoms with van der Waals surface area (Å²) >= 11 is 0. The molecule has 0 saturated carbocycles. The van der Waals surface area contributed by atoms with Gasteiger partial charge in [0, 0.05) is 38.9 Å². The number of nitrogens with zero attached hydrogens (tertiary/aromatic N) is 3. The summed E-state index contributed by atoms with van der Waals surface area (Å²) in [7, 11) is 1.93. The van der Waals surface area contributed by atoms with Gasteiger partial charge in [-0.15, -0.1) is 0 Å². The van der Waals surface area contributed by atoms with Crippen LogP contribution in [0, 0.1) is 0 Å². The lowest BCUT2D eigenvalue weighted by molar-refractivity contribution is 0.0226. The van der Waals surface area contributed by atoms with E-state index in [2.05, 4.69) is 10.4 Å². The van der Waals surface area contributed by atoms with E-state index in [1.807, 2.05) is 43.5 Å². The summed E-state index contributed by atoms with van der Waals surface area (Å²) in [5.74, 6) is 0. The zero-order valence-corrected chi connectivity index (χ0v) is 13.4. The van der Waals surface area contributed by atoms with Gasteiger partial charge in [0.15, 0.2) is 0 Å². The number of carbonyl (C=O) groups excluding carboxylic acids is 1. The van der Waals surface area contributed by atoms with E-state index < -0.39 is 5.60 Å². The van der Waals surface area contributed by atoms with Crippen LogP contribution in [0.5, 0.6) is 0 Å². The van der Waals surface area contributed by atoms with Crippen molar-refractivity contribution in [2.45, 2.75) is 51.8 Å². The number of hydrogen-bond acceptors (Lipinski definition) is 4. The number of aromatic nitrogens is 2. The maximum atomic E-state index is 12.2. The normalized spacial score (nSPS) is 19.0. The highest BCUT2D eigenvalue weighted by atomic mass is 16.6. The standard InChI is InChI=1S/C15H26N4O2/c1-15(2,3)21-14(20)19-9-5-6-13(19)11-16-10-12-7-8-17-18(12)4/h7-8,13,16H,5-6,9-11H2,1-4H3. The van der Waals surface area contributed by atoms with Gasteiger partial charge in [0.25, 0.3) is 0 Å². The van der Waals surface area contributed by atoms with Crippen molar-refractivity contribution in [3.63, 3.8) is 0 Å². The van der Waals surface area contributed by atoms with Crippen molar-refractivity contribution in [3.8, 4) is 0 Å². The first-order valence-electron chi connectivity index (χ1n) is 7.54. The van der Waals surface area contributed by atoms with Gasteiger partial charge in [-0.2, -0.15) is 5.10 Å². The molecule has 0 aromatic carbocycles. The third-order valence-electron chi connectivity index (χ3n) is 3.61. The molecule has 6 heteroatoms. The average molecular weight is 294 g/mol. The van der Waals surface area contributed by atoms with Crippen LogP contribution in [0.3, 0.4) is 0 Å². The molecule has 2 rings (SSSR count). The SMILES string of the molecule is Cn1nccc1CNCC1CCCN1C(=O)OC(C)(C)C. The van der Waals surface area contributed by atoms with Crippen LogP contribution in [0.4, 0.5) is 4.79 Å². The van der Waals surface area contributed by atoms with Gasteiger partial charge in [0.05, 0.1) is 5.69 Å². The van der Waals surface area contributed by atoms with E-state index in [0.717, 1.165) is 38.2 Å². The quantitative estimate of drug-likeness (QED) is 0.921. The molecule has 0 spiro atoms. The third kappa shape index (κ3) is 4.46. The summed E-state index contributed by atoms with van der Waals surface area (Å²) in [5, 5.41) is 7.55. The molecule has 0 bridgehead atoms. The summed E-state index contributed by atoms with van der Waals surface area (Å²) in [6.07, 6.45) is 3.65. The topological polar surface area (TPSA) is 59.4 Å². The zero-order chi connectivity index (χ0) is 15.5. The van der Waals surface area contributed by atoms with Crippen LogP contribution in [0.15, 0.2) is 12.3 Å². The van der Waals surface area contributed by atoms with Gasteiger partial charge in [-0.3, -0.25) is 4.68 Å². The Morgan fingerprint density at radius 2 is 2.29 bits per heavy atom. The Balaban J connectivity index is 1.82. The van der Waals surface area contributed by atoms with Crippen molar-refractivity contribution in [1.29, 1.82) is 0 Å². The second-order valence-corrected chi connectivity index (χ2v) is 6.55. The first-order valence-corrected chi connectivity index (χ1v) is 7.54. The van der Waals surface area contributed by atoms with E-state index in [-0.39, 0.29) is 12.1 Å². The van der Waals surface area contributed by atoms with Crippen LogP contribution in [-0.4, -0.2) is 45.5 Å². The predicted molar refractivity (Wildman–Crippen MR) is 80.9 cm³/mol. The molecule has 0 radical (unpaired) electrons. The molecule has 1 aliphatic rings. The molecule has 1 aromatic heterocycles. The molecule has 0 aliphatic carbocycles. The molecule has 118 valence electrons. The molecule has 1 fully saturated rings. The third-order valence-corrected chi connectivity index (χ3v) is 3.61. The van der Waals surface area contributed by atoms with Crippen molar-refractivity contribution < 1.29 is 9.53 Å². The molecule has 1 aliphatic heterocycles. The van der Waals surface area contributed by atoms with Gasteiger partial charge in [-0.05, 0) is 39.7 Å². The fourth-order valence-electron chi connectivity index (χ4n) is 2.55. The molecule has 1 atom stereocenters. The zero-order valence-electron chi connectivity index (χ0n) is 13.4. The van der Waals surface area contributed by atoms with Crippen LogP contribution in [0.1, 0.15) is 39.3 Å². The minimum Gasteiger partial charge on any atom is -0.444 e. The van der Waals surface area contributed by atoms with E-state index in [9.17, 15) is 4.79 Å². The minimum atomic E-state index is -0.438. The van der Waals surface area contributed by atoms with Gasteiger partial charge in [0.2, 0.25) is 0 Å². The number of aryl methyl sites for hydroxylation is 1. The van der Waals surface area contributed by atoms with E-state index >= 15 is 0 Å². The highest BCUT2D eigenvalue weighted by Gasteiger charge is 2.31. The molecule has 1 amide bonds. The van der Waals surface area contributed by atoms with Crippen LogP contribution in [0.25, 0.3) is 0 Å². The lowest BCUT2D eigenvalue weighted by atomic mass is 10.2. The highest BCUT2D eigenvalue weighted by molar-refractivity contribution is 5.69. The number of likely N-dealkylation sites (tertiary alicyclic amines) is 1. The van der Waals surface area contributed by atoms with E-state index in [1.54, 1.807) is 6.20 Å². The van der Waals surface area contributed by atoms with Gasteiger partial charge < -0.3 is 15.0 Å². The number of nitrogens with one attached hydrogen (secondary N) is 1. The van der Waals surface area contributed by atoms with Crippen molar-refractivity contribution in [2.24, 2.45) is 7.05 Å². The summed E-state index contributed by atoms with van der Waals surface area (Å²) in [6, 6.07) is 2.21. The second kappa shape index (κ2) is 6.47. The largest absolute Gasteiger partial charge is 0.444 e. The Kier molecular flexibility index (Phi) is 4.88.